The summed E-state index contributed by atoms with van der Waals surface area (Å²) < 4.78 is 51.7. The van der Waals surface area contributed by atoms with Gasteiger partial charge in [-0.25, -0.2) is 0 Å². The molecule has 0 N–H and O–H groups in total. The SMILES string of the molecule is FC(F)(F)c1cc(Oc2ccc(CCOc3ccn4cnnc4n3)cc2)ccc1Cl. The second-order valence-electron chi connectivity index (χ2n) is 6.29. The van der Waals surface area contributed by atoms with Gasteiger partial charge in [-0.15, -0.1) is 10.2 Å². The summed E-state index contributed by atoms with van der Waals surface area (Å²) >= 11 is 5.62. The number of hydrogen-bond donors (Lipinski definition) is 0. The molecule has 0 radical (unpaired) electrons. The van der Waals surface area contributed by atoms with Crippen molar-refractivity contribution in [3.8, 4) is 17.4 Å². The average molecular weight is 435 g/mol. The fraction of sp³-hybridized carbons (Fsp3) is 0.150. The Morgan fingerprint density at radius 3 is 2.53 bits per heavy atom. The Labute approximate surface area is 173 Å². The maximum Gasteiger partial charge on any atom is 0.417 e. The summed E-state index contributed by atoms with van der Waals surface area (Å²) in [7, 11) is 0. The number of alkyl halides is 3. The van der Waals surface area contributed by atoms with Gasteiger partial charge in [0.2, 0.25) is 5.88 Å². The van der Waals surface area contributed by atoms with Gasteiger partial charge in [0, 0.05) is 18.7 Å². The summed E-state index contributed by atoms with van der Waals surface area (Å²) in [4.78, 5) is 4.22. The standard InChI is InChI=1S/C20H14ClF3N4O2/c21-17-6-5-15(11-16(17)20(22,23)24)30-14-3-1-13(2-4-14)8-10-29-18-7-9-28-12-25-27-19(28)26-18/h1-7,9,11-12H,8,10H2. The first-order chi connectivity index (χ1) is 14.4. The van der Waals surface area contributed by atoms with Gasteiger partial charge >= 0.3 is 6.18 Å². The highest BCUT2D eigenvalue weighted by atomic mass is 35.5. The largest absolute Gasteiger partial charge is 0.477 e. The first kappa shape index (κ1) is 20.0. The Morgan fingerprint density at radius 1 is 1.00 bits per heavy atom. The van der Waals surface area contributed by atoms with Crippen LogP contribution >= 0.6 is 11.6 Å². The van der Waals surface area contributed by atoms with Crippen LogP contribution in [0, 0.1) is 0 Å². The van der Waals surface area contributed by atoms with Crippen molar-refractivity contribution >= 4 is 17.4 Å². The molecule has 0 saturated carbocycles. The topological polar surface area (TPSA) is 61.5 Å². The lowest BCUT2D eigenvalue weighted by Gasteiger charge is -2.12. The van der Waals surface area contributed by atoms with E-state index in [-0.39, 0.29) is 10.8 Å². The fourth-order valence-electron chi connectivity index (χ4n) is 2.70. The molecule has 0 fully saturated rings. The smallest absolute Gasteiger partial charge is 0.417 e. The van der Waals surface area contributed by atoms with Gasteiger partial charge < -0.3 is 9.47 Å². The summed E-state index contributed by atoms with van der Waals surface area (Å²) in [5, 5.41) is 7.23. The van der Waals surface area contributed by atoms with E-state index in [2.05, 4.69) is 15.2 Å². The molecule has 2 aromatic carbocycles. The van der Waals surface area contributed by atoms with E-state index < -0.39 is 11.7 Å². The van der Waals surface area contributed by atoms with Crippen molar-refractivity contribution in [2.24, 2.45) is 0 Å². The molecule has 0 spiro atoms. The van der Waals surface area contributed by atoms with Crippen molar-refractivity contribution in [3.63, 3.8) is 0 Å². The van der Waals surface area contributed by atoms with Crippen LogP contribution in [0.2, 0.25) is 5.02 Å². The number of benzene rings is 2. The Kier molecular flexibility index (Phi) is 5.45. The van der Waals surface area contributed by atoms with Crippen LogP contribution in [0.5, 0.6) is 17.4 Å². The zero-order valence-electron chi connectivity index (χ0n) is 15.3. The molecule has 0 aliphatic heterocycles. The van der Waals surface area contributed by atoms with E-state index in [0.29, 0.717) is 30.4 Å². The molecule has 0 aliphatic rings. The number of nitrogens with zero attached hydrogens (tertiary/aromatic N) is 4. The molecule has 0 atom stereocenters. The molecule has 2 heterocycles. The van der Waals surface area contributed by atoms with Crippen LogP contribution in [0.4, 0.5) is 13.2 Å². The second kappa shape index (κ2) is 8.19. The van der Waals surface area contributed by atoms with Crippen molar-refractivity contribution in [3.05, 3.63) is 77.2 Å². The van der Waals surface area contributed by atoms with Crippen LogP contribution in [0.15, 0.2) is 61.1 Å². The van der Waals surface area contributed by atoms with Crippen LogP contribution in [0.25, 0.3) is 5.78 Å². The Morgan fingerprint density at radius 2 is 1.77 bits per heavy atom. The quantitative estimate of drug-likeness (QED) is 0.417. The van der Waals surface area contributed by atoms with E-state index in [9.17, 15) is 13.2 Å². The molecule has 154 valence electrons. The lowest BCUT2D eigenvalue weighted by Crippen LogP contribution is -2.06. The van der Waals surface area contributed by atoms with Gasteiger partial charge in [0.05, 0.1) is 17.2 Å². The maximum absolute atomic E-state index is 13.0. The van der Waals surface area contributed by atoms with Crippen LogP contribution in [-0.4, -0.2) is 26.2 Å². The summed E-state index contributed by atoms with van der Waals surface area (Å²) in [6, 6.07) is 12.1. The number of hydrogen-bond acceptors (Lipinski definition) is 5. The van der Waals surface area contributed by atoms with Gasteiger partial charge in [-0.1, -0.05) is 23.7 Å². The first-order valence-electron chi connectivity index (χ1n) is 8.81. The number of halogens is 4. The third-order valence-electron chi connectivity index (χ3n) is 4.19. The van der Waals surface area contributed by atoms with Crippen LogP contribution in [-0.2, 0) is 12.6 Å². The molecule has 0 unspecified atom stereocenters. The molecule has 10 heteroatoms. The van der Waals surface area contributed by atoms with Crippen LogP contribution in [0.1, 0.15) is 11.1 Å². The monoisotopic (exact) mass is 434 g/mol. The van der Waals surface area contributed by atoms with Crippen molar-refractivity contribution < 1.29 is 22.6 Å². The minimum Gasteiger partial charge on any atom is -0.477 e. The van der Waals surface area contributed by atoms with Gasteiger partial charge in [0.25, 0.3) is 5.78 Å². The molecule has 4 aromatic rings. The van der Waals surface area contributed by atoms with Crippen molar-refractivity contribution in [1.82, 2.24) is 19.6 Å². The normalized spacial score (nSPS) is 11.6. The molecule has 30 heavy (non-hydrogen) atoms. The van der Waals surface area contributed by atoms with E-state index >= 15 is 0 Å². The number of aromatic nitrogens is 4. The second-order valence-corrected chi connectivity index (χ2v) is 6.70. The third-order valence-corrected chi connectivity index (χ3v) is 4.51. The Bertz CT molecular complexity index is 1160. The highest BCUT2D eigenvalue weighted by Gasteiger charge is 2.33. The van der Waals surface area contributed by atoms with E-state index in [0.717, 1.165) is 17.7 Å². The number of fused-ring (bicyclic) bond motifs is 1. The molecule has 0 bridgehead atoms. The molecule has 2 aromatic heterocycles. The summed E-state index contributed by atoms with van der Waals surface area (Å²) in [6.45, 7) is 0.393. The molecule has 0 amide bonds. The van der Waals surface area contributed by atoms with Gasteiger partial charge in [0.15, 0.2) is 0 Å². The van der Waals surface area contributed by atoms with Crippen LogP contribution < -0.4 is 9.47 Å². The Balaban J connectivity index is 1.35. The maximum atomic E-state index is 13.0. The third kappa shape index (κ3) is 4.62. The van der Waals surface area contributed by atoms with Gasteiger partial charge in [-0.05, 0) is 35.9 Å². The lowest BCUT2D eigenvalue weighted by molar-refractivity contribution is -0.137. The van der Waals surface area contributed by atoms with E-state index in [4.69, 9.17) is 21.1 Å². The van der Waals surface area contributed by atoms with Gasteiger partial charge in [-0.3, -0.25) is 4.40 Å². The van der Waals surface area contributed by atoms with E-state index in [1.807, 2.05) is 12.1 Å². The lowest BCUT2D eigenvalue weighted by atomic mass is 10.1. The van der Waals surface area contributed by atoms with Gasteiger partial charge in [0.1, 0.15) is 17.8 Å². The predicted molar refractivity (Wildman–Crippen MR) is 103 cm³/mol. The van der Waals surface area contributed by atoms with E-state index in [1.165, 1.54) is 6.07 Å². The molecular formula is C20H14ClF3N4O2. The zero-order valence-corrected chi connectivity index (χ0v) is 16.1. The predicted octanol–water partition coefficient (Wildman–Crippen LogP) is 5.21. The number of ether oxygens (including phenoxy) is 2. The molecular weight excluding hydrogens is 421 g/mol. The van der Waals surface area contributed by atoms with Crippen molar-refractivity contribution in [2.45, 2.75) is 12.6 Å². The number of rotatable bonds is 6. The zero-order chi connectivity index (χ0) is 21.1. The van der Waals surface area contributed by atoms with Crippen molar-refractivity contribution in [1.29, 1.82) is 0 Å². The fourth-order valence-corrected chi connectivity index (χ4v) is 2.93. The molecule has 0 aliphatic carbocycles. The highest BCUT2D eigenvalue weighted by molar-refractivity contribution is 6.31. The summed E-state index contributed by atoms with van der Waals surface area (Å²) in [5.41, 5.74) is 0.0337. The Hall–Kier alpha value is -3.33. The van der Waals surface area contributed by atoms with Crippen molar-refractivity contribution in [2.75, 3.05) is 6.61 Å². The van der Waals surface area contributed by atoms with Gasteiger partial charge in [-0.2, -0.15) is 18.2 Å². The summed E-state index contributed by atoms with van der Waals surface area (Å²) in [6.07, 6.45) is -0.638. The molecule has 0 saturated heterocycles. The minimum absolute atomic E-state index is 0.0535. The molecule has 4 rings (SSSR count). The summed E-state index contributed by atoms with van der Waals surface area (Å²) in [5.74, 6) is 1.36. The minimum atomic E-state index is -4.55. The van der Waals surface area contributed by atoms with E-state index in [1.54, 1.807) is 35.1 Å². The van der Waals surface area contributed by atoms with Crippen LogP contribution in [0.3, 0.4) is 0 Å². The first-order valence-corrected chi connectivity index (χ1v) is 9.19. The average Bonchev–Trinajstić information content (AvgIpc) is 3.18. The highest BCUT2D eigenvalue weighted by Crippen LogP contribution is 2.37. The molecule has 6 nitrogen and oxygen atoms in total.